The van der Waals surface area contributed by atoms with Crippen molar-refractivity contribution in [1.29, 1.82) is 0 Å². The second kappa shape index (κ2) is 9.66. The Balaban J connectivity index is 2.04. The van der Waals surface area contributed by atoms with Gasteiger partial charge < -0.3 is 14.8 Å². The molecule has 0 unspecified atom stereocenters. The molecule has 0 aliphatic rings. The third kappa shape index (κ3) is 5.51. The summed E-state index contributed by atoms with van der Waals surface area (Å²) in [6.45, 7) is 1.77. The van der Waals surface area contributed by atoms with Gasteiger partial charge in [-0.3, -0.25) is 4.79 Å². The van der Waals surface area contributed by atoms with Crippen molar-refractivity contribution in [3.05, 3.63) is 65.2 Å². The molecule has 0 heterocycles. The van der Waals surface area contributed by atoms with Crippen molar-refractivity contribution in [2.75, 3.05) is 7.11 Å². The van der Waals surface area contributed by atoms with Crippen molar-refractivity contribution >= 4 is 11.9 Å². The summed E-state index contributed by atoms with van der Waals surface area (Å²) in [5.74, 6) is -0.469. The Morgan fingerprint density at radius 3 is 2.41 bits per heavy atom. The molecule has 1 atom stereocenters. The van der Waals surface area contributed by atoms with Gasteiger partial charge in [-0.05, 0) is 30.2 Å². The van der Waals surface area contributed by atoms with Gasteiger partial charge in [-0.25, -0.2) is 13.6 Å². The summed E-state index contributed by atoms with van der Waals surface area (Å²) < 4.78 is 36.3. The third-order valence-electron chi connectivity index (χ3n) is 3.98. The van der Waals surface area contributed by atoms with Gasteiger partial charge in [0.15, 0.2) is 5.78 Å². The number of carbonyl (C=O) groups is 2. The van der Waals surface area contributed by atoms with E-state index in [-0.39, 0.29) is 29.9 Å². The first-order chi connectivity index (χ1) is 13.0. The van der Waals surface area contributed by atoms with Crippen LogP contribution in [0.1, 0.15) is 41.3 Å². The molecule has 0 bridgehead atoms. The maximum Gasteiger partial charge on any atom is 0.408 e. The standard InChI is InChI=1S/C20H21F2NO4/c1-3-16(23-20(25)27-12-13-7-5-4-6-8-13)18(24)14-9-10-17(26-2)15(11-14)19(21)22/h4-11,16,19H,3,12H2,1-2H3,(H,23,25)/t16-/m1/s1. The van der Waals surface area contributed by atoms with Gasteiger partial charge in [0.05, 0.1) is 18.7 Å². The number of hydrogen-bond donors (Lipinski definition) is 1. The lowest BCUT2D eigenvalue weighted by atomic mass is 10.00. The van der Waals surface area contributed by atoms with Crippen molar-refractivity contribution in [3.63, 3.8) is 0 Å². The molecule has 2 aromatic carbocycles. The maximum atomic E-state index is 13.1. The predicted molar refractivity (Wildman–Crippen MR) is 96.1 cm³/mol. The number of carbonyl (C=O) groups excluding carboxylic acids is 2. The molecule has 0 aromatic heterocycles. The molecule has 7 heteroatoms. The summed E-state index contributed by atoms with van der Waals surface area (Å²) in [5, 5.41) is 2.48. The number of ketones is 1. The van der Waals surface area contributed by atoms with Crippen molar-refractivity contribution < 1.29 is 27.8 Å². The molecular weight excluding hydrogens is 356 g/mol. The van der Waals surface area contributed by atoms with Crippen molar-refractivity contribution in [2.45, 2.75) is 32.4 Å². The molecule has 0 spiro atoms. The molecular formula is C20H21F2NO4. The van der Waals surface area contributed by atoms with E-state index in [4.69, 9.17) is 9.47 Å². The minimum absolute atomic E-state index is 0.00447. The van der Waals surface area contributed by atoms with Gasteiger partial charge in [0.2, 0.25) is 0 Å². The van der Waals surface area contributed by atoms with Gasteiger partial charge in [0.25, 0.3) is 6.43 Å². The van der Waals surface area contributed by atoms with Crippen LogP contribution in [0.3, 0.4) is 0 Å². The van der Waals surface area contributed by atoms with Crippen LogP contribution in [-0.2, 0) is 11.3 Å². The zero-order chi connectivity index (χ0) is 19.8. The number of rotatable bonds is 8. The number of hydrogen-bond acceptors (Lipinski definition) is 4. The number of halogens is 2. The molecule has 0 fully saturated rings. The van der Waals surface area contributed by atoms with Crippen LogP contribution in [0, 0.1) is 0 Å². The van der Waals surface area contributed by atoms with Gasteiger partial charge in [-0.1, -0.05) is 37.3 Å². The molecule has 0 aliphatic heterocycles. The Kier molecular flexibility index (Phi) is 7.28. The van der Waals surface area contributed by atoms with Crippen molar-refractivity contribution in [2.24, 2.45) is 0 Å². The van der Waals surface area contributed by atoms with E-state index in [0.717, 1.165) is 11.6 Å². The lowest BCUT2D eigenvalue weighted by Gasteiger charge is -2.17. The molecule has 0 saturated carbocycles. The van der Waals surface area contributed by atoms with E-state index < -0.39 is 24.3 Å². The first kappa shape index (κ1) is 20.4. The maximum absolute atomic E-state index is 13.1. The van der Waals surface area contributed by atoms with Gasteiger partial charge >= 0.3 is 6.09 Å². The number of methoxy groups -OCH3 is 1. The number of benzene rings is 2. The highest BCUT2D eigenvalue weighted by Crippen LogP contribution is 2.30. The number of ether oxygens (including phenoxy) is 2. The predicted octanol–water partition coefficient (Wildman–Crippen LogP) is 4.52. The highest BCUT2D eigenvalue weighted by molar-refractivity contribution is 6.01. The molecule has 0 saturated heterocycles. The number of alkyl carbamates (subject to hydrolysis) is 1. The quantitative estimate of drug-likeness (QED) is 0.687. The van der Waals surface area contributed by atoms with Gasteiger partial charge in [0, 0.05) is 5.56 Å². The minimum Gasteiger partial charge on any atom is -0.496 e. The monoisotopic (exact) mass is 377 g/mol. The first-order valence-corrected chi connectivity index (χ1v) is 8.43. The minimum atomic E-state index is -2.78. The van der Waals surface area contributed by atoms with Crippen LogP contribution in [-0.4, -0.2) is 25.0 Å². The second-order valence-corrected chi connectivity index (χ2v) is 5.79. The van der Waals surface area contributed by atoms with E-state index in [1.165, 1.54) is 19.2 Å². The molecule has 2 aromatic rings. The molecule has 2 rings (SSSR count). The molecule has 1 N–H and O–H groups in total. The summed E-state index contributed by atoms with van der Waals surface area (Å²) in [4.78, 5) is 24.6. The summed E-state index contributed by atoms with van der Waals surface area (Å²) in [6, 6.07) is 12.0. The lowest BCUT2D eigenvalue weighted by Crippen LogP contribution is -2.40. The fraction of sp³-hybridized carbons (Fsp3) is 0.300. The summed E-state index contributed by atoms with van der Waals surface area (Å²) in [5.41, 5.74) is 0.509. The van der Waals surface area contributed by atoms with Crippen LogP contribution < -0.4 is 10.1 Å². The van der Waals surface area contributed by atoms with Gasteiger partial charge in [-0.15, -0.1) is 0 Å². The van der Waals surface area contributed by atoms with Crippen molar-refractivity contribution in [3.8, 4) is 5.75 Å². The number of amides is 1. The Labute approximate surface area is 156 Å². The molecule has 1 amide bonds. The van der Waals surface area contributed by atoms with E-state index >= 15 is 0 Å². The second-order valence-electron chi connectivity index (χ2n) is 5.79. The summed E-state index contributed by atoms with van der Waals surface area (Å²) >= 11 is 0. The fourth-order valence-corrected chi connectivity index (χ4v) is 2.52. The largest absolute Gasteiger partial charge is 0.496 e. The zero-order valence-electron chi connectivity index (χ0n) is 15.1. The summed E-state index contributed by atoms with van der Waals surface area (Å²) in [7, 11) is 1.28. The molecule has 27 heavy (non-hydrogen) atoms. The van der Waals surface area contributed by atoms with Crippen LogP contribution in [0.25, 0.3) is 0 Å². The van der Waals surface area contributed by atoms with Crippen LogP contribution >= 0.6 is 0 Å². The average Bonchev–Trinajstić information content (AvgIpc) is 2.70. The SMILES string of the molecule is CC[C@@H](NC(=O)OCc1ccccc1)C(=O)c1ccc(OC)c(C(F)F)c1. The normalized spacial score (nSPS) is 11.7. The zero-order valence-corrected chi connectivity index (χ0v) is 15.1. The average molecular weight is 377 g/mol. The van der Waals surface area contributed by atoms with Gasteiger partial charge in [0.1, 0.15) is 12.4 Å². The molecule has 5 nitrogen and oxygen atoms in total. The summed E-state index contributed by atoms with van der Waals surface area (Å²) in [6.07, 6.45) is -3.24. The Morgan fingerprint density at radius 1 is 1.11 bits per heavy atom. The topological polar surface area (TPSA) is 64.6 Å². The third-order valence-corrected chi connectivity index (χ3v) is 3.98. The van der Waals surface area contributed by atoms with E-state index in [0.29, 0.717) is 0 Å². The highest BCUT2D eigenvalue weighted by atomic mass is 19.3. The number of alkyl halides is 2. The van der Waals surface area contributed by atoms with E-state index in [1.54, 1.807) is 19.1 Å². The number of nitrogens with one attached hydrogen (secondary N) is 1. The fourth-order valence-electron chi connectivity index (χ4n) is 2.52. The van der Waals surface area contributed by atoms with Crippen LogP contribution in [0.5, 0.6) is 5.75 Å². The molecule has 0 aliphatic carbocycles. The van der Waals surface area contributed by atoms with E-state index in [9.17, 15) is 18.4 Å². The number of Topliss-reactive ketones (excluding diaryl/α,β-unsaturated/α-hetero) is 1. The van der Waals surface area contributed by atoms with Gasteiger partial charge in [-0.2, -0.15) is 0 Å². The van der Waals surface area contributed by atoms with Crippen LogP contribution in [0.2, 0.25) is 0 Å². The lowest BCUT2D eigenvalue weighted by molar-refractivity contribution is 0.0913. The van der Waals surface area contributed by atoms with Crippen LogP contribution in [0.4, 0.5) is 13.6 Å². The van der Waals surface area contributed by atoms with E-state index in [1.807, 2.05) is 18.2 Å². The Hall–Kier alpha value is -2.96. The van der Waals surface area contributed by atoms with E-state index in [2.05, 4.69) is 5.32 Å². The highest BCUT2D eigenvalue weighted by Gasteiger charge is 2.23. The van der Waals surface area contributed by atoms with Crippen LogP contribution in [0.15, 0.2) is 48.5 Å². The Bertz CT molecular complexity index is 781. The first-order valence-electron chi connectivity index (χ1n) is 8.43. The molecule has 144 valence electrons. The van der Waals surface area contributed by atoms with Crippen molar-refractivity contribution in [1.82, 2.24) is 5.32 Å². The Morgan fingerprint density at radius 2 is 1.81 bits per heavy atom. The molecule has 0 radical (unpaired) electrons. The smallest absolute Gasteiger partial charge is 0.408 e.